The van der Waals surface area contributed by atoms with Gasteiger partial charge >= 0.3 is 0 Å². The largest absolute Gasteiger partial charge is 0.387 e. The number of aliphatic hydroxyl groups excluding tert-OH is 1. The van der Waals surface area contributed by atoms with Crippen LogP contribution in [0.5, 0.6) is 0 Å². The van der Waals surface area contributed by atoms with E-state index in [0.717, 1.165) is 29.3 Å². The minimum absolute atomic E-state index is 0.483. The van der Waals surface area contributed by atoms with Crippen molar-refractivity contribution in [2.24, 2.45) is 13.0 Å². The summed E-state index contributed by atoms with van der Waals surface area (Å²) in [5.41, 5.74) is 2.04. The summed E-state index contributed by atoms with van der Waals surface area (Å²) in [6.07, 6.45) is 3.29. The molecule has 1 aromatic heterocycles. The van der Waals surface area contributed by atoms with E-state index in [0.29, 0.717) is 51.7 Å². The number of aliphatic hydroxyl groups is 1. The number of aromatic nitrogens is 1. The third-order valence-electron chi connectivity index (χ3n) is 6.44. The minimum Gasteiger partial charge on any atom is -0.387 e. The first-order chi connectivity index (χ1) is 13.9. The van der Waals surface area contributed by atoms with Crippen LogP contribution in [0.3, 0.4) is 0 Å². The molecule has 0 bridgehead atoms. The summed E-state index contributed by atoms with van der Waals surface area (Å²) in [5, 5.41) is 11.9. The molecule has 0 unspecified atom stereocenters. The number of benzene rings is 1. The highest BCUT2D eigenvalue weighted by atomic mass is 32.2. The third-order valence-corrected chi connectivity index (χ3v) is 8.48. The number of para-hydroxylation sites is 1. The van der Waals surface area contributed by atoms with E-state index >= 15 is 0 Å². The minimum atomic E-state index is -3.36. The Bertz CT molecular complexity index is 942. The summed E-state index contributed by atoms with van der Waals surface area (Å²) in [5.74, 6) is 0.605. The van der Waals surface area contributed by atoms with Gasteiger partial charge in [-0.25, -0.2) is 0 Å². The normalized spacial score (nSPS) is 22.3. The number of hydrogen-bond donors (Lipinski definition) is 1. The van der Waals surface area contributed by atoms with Gasteiger partial charge in [-0.3, -0.25) is 4.90 Å². The summed E-state index contributed by atoms with van der Waals surface area (Å²) in [6, 6.07) is 8.08. The first kappa shape index (κ1) is 20.8. The molecule has 8 heteroatoms. The fraction of sp³-hybridized carbons (Fsp3) is 0.619. The lowest BCUT2D eigenvalue weighted by atomic mass is 10.0. The first-order valence-electron chi connectivity index (χ1n) is 10.6. The highest BCUT2D eigenvalue weighted by molar-refractivity contribution is 7.86. The Morgan fingerprint density at radius 3 is 2.34 bits per heavy atom. The van der Waals surface area contributed by atoms with Gasteiger partial charge in [0, 0.05) is 75.5 Å². The van der Waals surface area contributed by atoms with E-state index in [-0.39, 0.29) is 0 Å². The van der Waals surface area contributed by atoms with Crippen LogP contribution in [0.25, 0.3) is 10.9 Å². The highest BCUT2D eigenvalue weighted by Gasteiger charge is 2.34. The van der Waals surface area contributed by atoms with E-state index in [9.17, 15) is 13.5 Å². The summed E-state index contributed by atoms with van der Waals surface area (Å²) < 4.78 is 31.2. The molecule has 2 saturated heterocycles. The Labute approximate surface area is 173 Å². The van der Waals surface area contributed by atoms with Gasteiger partial charge in [-0.2, -0.15) is 17.0 Å². The van der Waals surface area contributed by atoms with Gasteiger partial charge in [-0.05, 0) is 24.8 Å². The lowest BCUT2D eigenvalue weighted by Crippen LogP contribution is -2.54. The molecule has 4 rings (SSSR count). The Balaban J connectivity index is 1.36. The Morgan fingerprint density at radius 1 is 1.03 bits per heavy atom. The van der Waals surface area contributed by atoms with Gasteiger partial charge in [0.15, 0.2) is 0 Å². The van der Waals surface area contributed by atoms with Crippen molar-refractivity contribution in [1.29, 1.82) is 0 Å². The van der Waals surface area contributed by atoms with E-state index in [1.807, 2.05) is 36.0 Å². The molecule has 7 nitrogen and oxygen atoms in total. The molecule has 2 aliphatic rings. The fourth-order valence-electron chi connectivity index (χ4n) is 4.50. The SMILES string of the molecule is CC1CCN(S(=O)(=O)N2CCN(C[C@H](O)c3cn(C)c4ccccc34)CC2)CC1. The van der Waals surface area contributed by atoms with E-state index in [1.165, 1.54) is 0 Å². The Hall–Kier alpha value is -1.45. The molecule has 0 radical (unpaired) electrons. The standard InChI is InChI=1S/C21H32N4O3S/c1-17-7-9-24(10-8-17)29(27,28)25-13-11-23(12-14-25)16-21(26)19-15-22(2)20-6-4-3-5-18(19)20/h3-6,15,17,21,26H,7-14,16H2,1-2H3/t21-/m0/s1. The zero-order valence-corrected chi connectivity index (χ0v) is 18.2. The molecule has 2 fully saturated rings. The Kier molecular flexibility index (Phi) is 5.99. The van der Waals surface area contributed by atoms with Crippen molar-refractivity contribution in [3.8, 4) is 0 Å². The molecule has 0 spiro atoms. The second kappa shape index (κ2) is 8.35. The molecule has 0 amide bonds. The number of piperidine rings is 1. The summed E-state index contributed by atoms with van der Waals surface area (Å²) in [6.45, 7) is 6.21. The molecule has 2 aromatic rings. The lowest BCUT2D eigenvalue weighted by Gasteiger charge is -2.38. The van der Waals surface area contributed by atoms with Gasteiger partial charge < -0.3 is 9.67 Å². The molecule has 1 N–H and O–H groups in total. The summed E-state index contributed by atoms with van der Waals surface area (Å²) >= 11 is 0. The number of aryl methyl sites for hydroxylation is 1. The smallest absolute Gasteiger partial charge is 0.282 e. The summed E-state index contributed by atoms with van der Waals surface area (Å²) in [7, 11) is -1.37. The fourth-order valence-corrected chi connectivity index (χ4v) is 6.13. The number of nitrogens with zero attached hydrogens (tertiary/aromatic N) is 4. The summed E-state index contributed by atoms with van der Waals surface area (Å²) in [4.78, 5) is 2.16. The molecular weight excluding hydrogens is 388 g/mol. The molecule has 2 aliphatic heterocycles. The van der Waals surface area contributed by atoms with Crippen LogP contribution in [0, 0.1) is 5.92 Å². The number of hydrogen-bond acceptors (Lipinski definition) is 4. The second-order valence-electron chi connectivity index (χ2n) is 8.52. The molecular formula is C21H32N4O3S. The van der Waals surface area contributed by atoms with Crippen molar-refractivity contribution >= 4 is 21.1 Å². The van der Waals surface area contributed by atoms with Gasteiger partial charge in [0.25, 0.3) is 10.2 Å². The number of fused-ring (bicyclic) bond motifs is 1. The van der Waals surface area contributed by atoms with Gasteiger partial charge in [-0.1, -0.05) is 25.1 Å². The monoisotopic (exact) mass is 420 g/mol. The number of piperazine rings is 1. The first-order valence-corrected chi connectivity index (χ1v) is 12.0. The number of rotatable bonds is 5. The zero-order valence-electron chi connectivity index (χ0n) is 17.4. The topological polar surface area (TPSA) is 69.0 Å². The predicted octanol–water partition coefficient (Wildman–Crippen LogP) is 1.81. The van der Waals surface area contributed by atoms with Crippen LogP contribution in [0.2, 0.25) is 0 Å². The van der Waals surface area contributed by atoms with Gasteiger partial charge in [-0.15, -0.1) is 0 Å². The molecule has 0 aliphatic carbocycles. The maximum Gasteiger partial charge on any atom is 0.282 e. The van der Waals surface area contributed by atoms with Crippen LogP contribution in [-0.4, -0.2) is 77.4 Å². The van der Waals surface area contributed by atoms with E-state index in [1.54, 1.807) is 8.61 Å². The van der Waals surface area contributed by atoms with Crippen LogP contribution >= 0.6 is 0 Å². The maximum atomic E-state index is 12.9. The lowest BCUT2D eigenvalue weighted by molar-refractivity contribution is 0.0910. The molecule has 0 saturated carbocycles. The van der Waals surface area contributed by atoms with Crippen molar-refractivity contribution in [1.82, 2.24) is 18.1 Å². The molecule has 29 heavy (non-hydrogen) atoms. The van der Waals surface area contributed by atoms with Crippen molar-refractivity contribution in [3.05, 3.63) is 36.0 Å². The predicted molar refractivity (Wildman–Crippen MR) is 115 cm³/mol. The Morgan fingerprint density at radius 2 is 1.66 bits per heavy atom. The average molecular weight is 421 g/mol. The molecule has 1 atom stereocenters. The van der Waals surface area contributed by atoms with Crippen molar-refractivity contribution in [2.45, 2.75) is 25.9 Å². The van der Waals surface area contributed by atoms with Crippen molar-refractivity contribution in [2.75, 3.05) is 45.8 Å². The average Bonchev–Trinajstić information content (AvgIpc) is 3.06. The number of β-amino-alcohol motifs (C(OH)–C–C–N with tert-alkyl or cyclic N) is 1. The zero-order chi connectivity index (χ0) is 20.6. The van der Waals surface area contributed by atoms with Crippen molar-refractivity contribution < 1.29 is 13.5 Å². The highest BCUT2D eigenvalue weighted by Crippen LogP contribution is 2.27. The van der Waals surface area contributed by atoms with Crippen molar-refractivity contribution in [3.63, 3.8) is 0 Å². The third kappa shape index (κ3) is 4.22. The van der Waals surface area contributed by atoms with Crippen LogP contribution < -0.4 is 0 Å². The van der Waals surface area contributed by atoms with Gasteiger partial charge in [0.05, 0.1) is 6.10 Å². The molecule has 1 aromatic carbocycles. The second-order valence-corrected chi connectivity index (χ2v) is 10.4. The van der Waals surface area contributed by atoms with Crippen LogP contribution in [0.15, 0.2) is 30.5 Å². The molecule has 3 heterocycles. The molecule has 160 valence electrons. The van der Waals surface area contributed by atoms with E-state index in [2.05, 4.69) is 17.9 Å². The maximum absolute atomic E-state index is 12.9. The van der Waals surface area contributed by atoms with Crippen LogP contribution in [-0.2, 0) is 17.3 Å². The van der Waals surface area contributed by atoms with Crippen LogP contribution in [0.1, 0.15) is 31.4 Å². The van der Waals surface area contributed by atoms with Gasteiger partial charge in [0.1, 0.15) is 0 Å². The van der Waals surface area contributed by atoms with Gasteiger partial charge in [0.2, 0.25) is 0 Å². The van der Waals surface area contributed by atoms with Crippen LogP contribution in [0.4, 0.5) is 0 Å². The van der Waals surface area contributed by atoms with E-state index in [4.69, 9.17) is 0 Å². The quantitative estimate of drug-likeness (QED) is 0.801. The van der Waals surface area contributed by atoms with E-state index < -0.39 is 16.3 Å².